The normalized spacial score (nSPS) is 42.3. The van der Waals surface area contributed by atoms with Crippen molar-refractivity contribution in [3.8, 4) is 0 Å². The van der Waals surface area contributed by atoms with E-state index in [0.717, 1.165) is 32.2 Å². The fourth-order valence-corrected chi connectivity index (χ4v) is 3.27. The van der Waals surface area contributed by atoms with Gasteiger partial charge in [-0.2, -0.15) is 0 Å². The van der Waals surface area contributed by atoms with Crippen molar-refractivity contribution in [2.45, 2.75) is 44.8 Å². The molecule has 2 rings (SSSR count). The second kappa shape index (κ2) is 4.22. The van der Waals surface area contributed by atoms with Gasteiger partial charge in [-0.05, 0) is 51.5 Å². The maximum atomic E-state index is 11.5. The number of nitrogens with zero attached hydrogens (tertiary/aromatic N) is 1. The molecule has 1 aliphatic heterocycles. The number of rotatable bonds is 1. The van der Waals surface area contributed by atoms with Gasteiger partial charge < -0.3 is 5.11 Å². The largest absolute Gasteiger partial charge is 0.393 e. The first-order valence-corrected chi connectivity index (χ1v) is 5.96. The fraction of sp³-hybridized carbons (Fsp3) is 0.917. The molecule has 4 atom stereocenters. The molecule has 15 heavy (non-hydrogen) atoms. The van der Waals surface area contributed by atoms with Crippen molar-refractivity contribution in [3.63, 3.8) is 0 Å². The van der Waals surface area contributed by atoms with Crippen molar-refractivity contribution in [2.24, 2.45) is 11.8 Å². The second-order valence-electron chi connectivity index (χ2n) is 5.29. The summed E-state index contributed by atoms with van der Waals surface area (Å²) in [7, 11) is 2.05. The molecule has 1 heterocycles. The van der Waals surface area contributed by atoms with Crippen LogP contribution in [0.4, 0.5) is 0 Å². The van der Waals surface area contributed by atoms with Crippen LogP contribution in [0.25, 0.3) is 0 Å². The summed E-state index contributed by atoms with van der Waals surface area (Å²) in [6.07, 6.45) is 3.80. The molecule has 0 radical (unpaired) electrons. The number of Topliss-reactive ketones (excluding diaryl/α,β-unsaturated/α-hetero) is 1. The number of hydrogen-bond donors (Lipinski definition) is 1. The lowest BCUT2D eigenvalue weighted by molar-refractivity contribution is -0.125. The molecule has 2 aliphatic rings. The van der Waals surface area contributed by atoms with Crippen LogP contribution in [-0.4, -0.2) is 41.5 Å². The molecule has 3 heteroatoms. The zero-order valence-electron chi connectivity index (χ0n) is 9.65. The third-order valence-corrected chi connectivity index (χ3v) is 4.16. The number of ketones is 1. The van der Waals surface area contributed by atoms with E-state index in [2.05, 4.69) is 4.90 Å². The van der Waals surface area contributed by atoms with Crippen LogP contribution in [0.2, 0.25) is 0 Å². The fourth-order valence-electron chi connectivity index (χ4n) is 3.27. The standard InChI is InChI=1S/C12H21NO2/c1-8(14)12-6-10-5-11(15)4-3-9(10)7-13(12)2/h9-12,15H,3-7H2,1-2H3/t9-,10+,11+,12-/m0/s1. The summed E-state index contributed by atoms with van der Waals surface area (Å²) in [6, 6.07) is 0.0940. The lowest BCUT2D eigenvalue weighted by atomic mass is 9.71. The van der Waals surface area contributed by atoms with Crippen LogP contribution in [0.3, 0.4) is 0 Å². The Labute approximate surface area is 91.5 Å². The van der Waals surface area contributed by atoms with Gasteiger partial charge in [0.05, 0.1) is 12.1 Å². The summed E-state index contributed by atoms with van der Waals surface area (Å²) >= 11 is 0. The predicted octanol–water partition coefficient (Wildman–Crippen LogP) is 1.06. The molecule has 1 N–H and O–H groups in total. The number of fused-ring (bicyclic) bond motifs is 1. The van der Waals surface area contributed by atoms with Gasteiger partial charge in [0.15, 0.2) is 0 Å². The predicted molar refractivity (Wildman–Crippen MR) is 58.6 cm³/mol. The van der Waals surface area contributed by atoms with Gasteiger partial charge in [0.2, 0.25) is 0 Å². The molecule has 3 nitrogen and oxygen atoms in total. The van der Waals surface area contributed by atoms with E-state index in [4.69, 9.17) is 0 Å². The van der Waals surface area contributed by atoms with Gasteiger partial charge in [-0.15, -0.1) is 0 Å². The van der Waals surface area contributed by atoms with E-state index in [-0.39, 0.29) is 17.9 Å². The van der Waals surface area contributed by atoms with Gasteiger partial charge in [-0.3, -0.25) is 9.69 Å². The summed E-state index contributed by atoms with van der Waals surface area (Å²) in [5.74, 6) is 1.55. The molecule has 1 saturated heterocycles. The van der Waals surface area contributed by atoms with E-state index in [1.54, 1.807) is 6.92 Å². The lowest BCUT2D eigenvalue weighted by Crippen LogP contribution is -2.50. The molecule has 1 saturated carbocycles. The van der Waals surface area contributed by atoms with Crippen LogP contribution < -0.4 is 0 Å². The van der Waals surface area contributed by atoms with Crippen LogP contribution in [0.5, 0.6) is 0 Å². The van der Waals surface area contributed by atoms with E-state index in [1.165, 1.54) is 0 Å². The van der Waals surface area contributed by atoms with Crippen molar-refractivity contribution in [1.29, 1.82) is 0 Å². The number of carbonyl (C=O) groups is 1. The summed E-state index contributed by atoms with van der Waals surface area (Å²) < 4.78 is 0. The molecule has 0 aromatic heterocycles. The maximum absolute atomic E-state index is 11.5. The Hall–Kier alpha value is -0.410. The minimum atomic E-state index is -0.123. The Bertz CT molecular complexity index is 254. The smallest absolute Gasteiger partial charge is 0.146 e. The van der Waals surface area contributed by atoms with Crippen molar-refractivity contribution in [1.82, 2.24) is 4.90 Å². The van der Waals surface area contributed by atoms with Crippen molar-refractivity contribution < 1.29 is 9.90 Å². The Morgan fingerprint density at radius 2 is 2.00 bits per heavy atom. The molecule has 2 fully saturated rings. The molecule has 0 aromatic rings. The lowest BCUT2D eigenvalue weighted by Gasteiger charge is -2.44. The quantitative estimate of drug-likeness (QED) is 0.705. The average Bonchev–Trinajstić information content (AvgIpc) is 2.17. The maximum Gasteiger partial charge on any atom is 0.146 e. The highest BCUT2D eigenvalue weighted by Crippen LogP contribution is 2.38. The van der Waals surface area contributed by atoms with Crippen LogP contribution in [0, 0.1) is 11.8 Å². The van der Waals surface area contributed by atoms with Gasteiger partial charge in [-0.25, -0.2) is 0 Å². The molecule has 86 valence electrons. The van der Waals surface area contributed by atoms with Crippen LogP contribution in [-0.2, 0) is 4.79 Å². The van der Waals surface area contributed by atoms with Crippen LogP contribution in [0.1, 0.15) is 32.6 Å². The molecular weight excluding hydrogens is 190 g/mol. The highest BCUT2D eigenvalue weighted by atomic mass is 16.3. The van der Waals surface area contributed by atoms with E-state index >= 15 is 0 Å². The van der Waals surface area contributed by atoms with Gasteiger partial charge in [0.1, 0.15) is 5.78 Å². The molecule has 0 spiro atoms. The summed E-state index contributed by atoms with van der Waals surface area (Å²) in [4.78, 5) is 13.7. The van der Waals surface area contributed by atoms with E-state index < -0.39 is 0 Å². The van der Waals surface area contributed by atoms with Crippen molar-refractivity contribution in [3.05, 3.63) is 0 Å². The van der Waals surface area contributed by atoms with Crippen LogP contribution >= 0.6 is 0 Å². The number of carbonyl (C=O) groups excluding carboxylic acids is 1. The number of likely N-dealkylation sites (tertiary alicyclic amines) is 1. The summed E-state index contributed by atoms with van der Waals surface area (Å²) in [5.41, 5.74) is 0. The Morgan fingerprint density at radius 1 is 1.27 bits per heavy atom. The van der Waals surface area contributed by atoms with E-state index in [9.17, 15) is 9.90 Å². The molecular formula is C12H21NO2. The molecule has 0 aromatic carbocycles. The Morgan fingerprint density at radius 3 is 2.67 bits per heavy atom. The van der Waals surface area contributed by atoms with Gasteiger partial charge in [0, 0.05) is 6.54 Å². The van der Waals surface area contributed by atoms with Crippen LogP contribution in [0.15, 0.2) is 0 Å². The highest BCUT2D eigenvalue weighted by molar-refractivity contribution is 5.81. The zero-order valence-corrected chi connectivity index (χ0v) is 9.65. The van der Waals surface area contributed by atoms with Gasteiger partial charge >= 0.3 is 0 Å². The topological polar surface area (TPSA) is 40.5 Å². The summed E-state index contributed by atoms with van der Waals surface area (Å²) in [6.45, 7) is 2.71. The number of hydrogen-bond acceptors (Lipinski definition) is 3. The SMILES string of the molecule is CC(=O)[C@@H]1C[C@H]2C[C@H](O)CC[C@H]2CN1C. The molecule has 1 aliphatic carbocycles. The minimum Gasteiger partial charge on any atom is -0.393 e. The first-order valence-electron chi connectivity index (χ1n) is 5.96. The monoisotopic (exact) mass is 211 g/mol. The Kier molecular flexibility index (Phi) is 3.12. The highest BCUT2D eigenvalue weighted by Gasteiger charge is 2.38. The van der Waals surface area contributed by atoms with E-state index in [0.29, 0.717) is 11.8 Å². The summed E-state index contributed by atoms with van der Waals surface area (Å²) in [5, 5.41) is 9.64. The van der Waals surface area contributed by atoms with Gasteiger partial charge in [0.25, 0.3) is 0 Å². The molecule has 0 bridgehead atoms. The third-order valence-electron chi connectivity index (χ3n) is 4.16. The third kappa shape index (κ3) is 2.23. The van der Waals surface area contributed by atoms with Crippen molar-refractivity contribution in [2.75, 3.05) is 13.6 Å². The molecule has 0 amide bonds. The van der Waals surface area contributed by atoms with Gasteiger partial charge in [-0.1, -0.05) is 0 Å². The number of piperidine rings is 1. The van der Waals surface area contributed by atoms with E-state index in [1.807, 2.05) is 7.05 Å². The molecule has 0 unspecified atom stereocenters. The number of aliphatic hydroxyl groups excluding tert-OH is 1. The minimum absolute atomic E-state index is 0.0940. The number of likely N-dealkylation sites (N-methyl/N-ethyl adjacent to an activating group) is 1. The Balaban J connectivity index is 2.03. The second-order valence-corrected chi connectivity index (χ2v) is 5.29. The average molecular weight is 211 g/mol. The zero-order chi connectivity index (χ0) is 11.0. The first kappa shape index (κ1) is 11.1. The first-order chi connectivity index (χ1) is 7.08. The van der Waals surface area contributed by atoms with Crippen molar-refractivity contribution >= 4 is 5.78 Å². The number of aliphatic hydroxyl groups is 1.